The summed E-state index contributed by atoms with van der Waals surface area (Å²) in [6.45, 7) is 4.48. The Kier molecular flexibility index (Phi) is 36.9. The monoisotopic (exact) mass is 516 g/mol. The standard InChI is InChI=1S/2C14H26O2.Zn/c2*1-2-3-4-5-6-7-8-9-10-11-12-13-14(15)16;/h2*10-11H,2-9,12-13H2,1H3,(H,15,16);. The van der Waals surface area contributed by atoms with Crippen LogP contribution in [0.4, 0.5) is 0 Å². The van der Waals surface area contributed by atoms with Gasteiger partial charge in [0, 0.05) is 32.3 Å². The van der Waals surface area contributed by atoms with Crippen LogP contribution in [-0.2, 0) is 29.1 Å². The molecule has 0 radical (unpaired) electrons. The number of rotatable bonds is 22. The largest absolute Gasteiger partial charge is 0.481 e. The van der Waals surface area contributed by atoms with E-state index in [1.165, 1.54) is 89.9 Å². The minimum Gasteiger partial charge on any atom is -0.481 e. The molecule has 0 heterocycles. The predicted molar refractivity (Wildman–Crippen MR) is 137 cm³/mol. The minimum absolute atomic E-state index is 0. The van der Waals surface area contributed by atoms with Gasteiger partial charge in [-0.2, -0.15) is 0 Å². The van der Waals surface area contributed by atoms with E-state index < -0.39 is 11.9 Å². The van der Waals surface area contributed by atoms with Crippen LogP contribution in [-0.4, -0.2) is 22.2 Å². The molecule has 0 aliphatic rings. The maximum absolute atomic E-state index is 10.2. The zero-order valence-corrected chi connectivity index (χ0v) is 24.8. The number of carbonyl (C=O) groups is 2. The van der Waals surface area contributed by atoms with E-state index in [2.05, 4.69) is 26.0 Å². The van der Waals surface area contributed by atoms with Gasteiger partial charge < -0.3 is 10.2 Å². The van der Waals surface area contributed by atoms with Gasteiger partial charge in [0.1, 0.15) is 0 Å². The van der Waals surface area contributed by atoms with E-state index in [0.29, 0.717) is 12.8 Å². The molecule has 2 N–H and O–H groups in total. The zero-order chi connectivity index (χ0) is 24.1. The summed E-state index contributed by atoms with van der Waals surface area (Å²) in [5.74, 6) is -1.42. The van der Waals surface area contributed by atoms with Crippen molar-refractivity contribution >= 4 is 11.9 Å². The molecule has 0 rings (SSSR count). The van der Waals surface area contributed by atoms with Gasteiger partial charge in [-0.05, 0) is 38.5 Å². The summed E-state index contributed by atoms with van der Waals surface area (Å²) in [7, 11) is 0. The first-order valence-corrected chi connectivity index (χ1v) is 13.3. The Morgan fingerprint density at radius 3 is 1.06 bits per heavy atom. The van der Waals surface area contributed by atoms with Gasteiger partial charge in [0.25, 0.3) is 0 Å². The summed E-state index contributed by atoms with van der Waals surface area (Å²) in [5.41, 5.74) is 0. The third-order valence-electron chi connectivity index (χ3n) is 5.33. The number of hydrogen-bond acceptors (Lipinski definition) is 2. The summed E-state index contributed by atoms with van der Waals surface area (Å²) in [6, 6.07) is 0. The fourth-order valence-corrected chi connectivity index (χ4v) is 3.32. The van der Waals surface area contributed by atoms with E-state index in [1.54, 1.807) is 0 Å². The molecule has 0 spiro atoms. The van der Waals surface area contributed by atoms with Gasteiger partial charge in [0.15, 0.2) is 0 Å². The fourth-order valence-electron chi connectivity index (χ4n) is 3.32. The Morgan fingerprint density at radius 1 is 0.485 bits per heavy atom. The topological polar surface area (TPSA) is 74.6 Å². The molecule has 0 saturated carbocycles. The molecule has 0 aromatic heterocycles. The first-order chi connectivity index (χ1) is 15.5. The summed E-state index contributed by atoms with van der Waals surface area (Å²) in [4.78, 5) is 20.5. The number of hydrogen-bond donors (Lipinski definition) is 2. The molecule has 0 amide bonds. The molecule has 0 aromatic rings. The molecule has 0 bridgehead atoms. The molecular weight excluding hydrogens is 466 g/mol. The summed E-state index contributed by atoms with van der Waals surface area (Å²) in [5, 5.41) is 16.8. The van der Waals surface area contributed by atoms with E-state index in [9.17, 15) is 9.59 Å². The molecule has 0 aliphatic carbocycles. The Labute approximate surface area is 217 Å². The van der Waals surface area contributed by atoms with E-state index in [4.69, 9.17) is 10.2 Å². The van der Waals surface area contributed by atoms with Gasteiger partial charge in [0.2, 0.25) is 0 Å². The number of allylic oxidation sites excluding steroid dienone is 4. The Morgan fingerprint density at radius 2 is 0.758 bits per heavy atom. The average molecular weight is 518 g/mol. The van der Waals surface area contributed by atoms with Crippen LogP contribution < -0.4 is 0 Å². The van der Waals surface area contributed by atoms with Gasteiger partial charge >= 0.3 is 11.9 Å². The molecule has 33 heavy (non-hydrogen) atoms. The van der Waals surface area contributed by atoms with Gasteiger partial charge in [-0.15, -0.1) is 0 Å². The van der Waals surface area contributed by atoms with Crippen molar-refractivity contribution in [2.75, 3.05) is 0 Å². The van der Waals surface area contributed by atoms with E-state index >= 15 is 0 Å². The third-order valence-corrected chi connectivity index (χ3v) is 5.33. The van der Waals surface area contributed by atoms with Crippen LogP contribution in [0.3, 0.4) is 0 Å². The molecule has 5 heteroatoms. The molecule has 4 nitrogen and oxygen atoms in total. The van der Waals surface area contributed by atoms with Crippen LogP contribution in [0.15, 0.2) is 24.3 Å². The first-order valence-electron chi connectivity index (χ1n) is 13.3. The van der Waals surface area contributed by atoms with Crippen molar-refractivity contribution in [3.63, 3.8) is 0 Å². The normalized spacial score (nSPS) is 10.7. The first kappa shape index (κ1) is 36.6. The van der Waals surface area contributed by atoms with Crippen molar-refractivity contribution in [1.29, 1.82) is 0 Å². The van der Waals surface area contributed by atoms with Crippen LogP contribution in [0.5, 0.6) is 0 Å². The summed E-state index contributed by atoms with van der Waals surface area (Å²) in [6.07, 6.45) is 31.0. The summed E-state index contributed by atoms with van der Waals surface area (Å²) < 4.78 is 0. The van der Waals surface area contributed by atoms with Crippen molar-refractivity contribution in [2.45, 2.75) is 142 Å². The van der Waals surface area contributed by atoms with Crippen LogP contribution in [0.1, 0.15) is 142 Å². The maximum Gasteiger partial charge on any atom is 0.303 e. The van der Waals surface area contributed by atoms with Crippen LogP contribution in [0.2, 0.25) is 0 Å². The van der Waals surface area contributed by atoms with Crippen LogP contribution in [0.25, 0.3) is 0 Å². The van der Waals surface area contributed by atoms with Gasteiger partial charge in [-0.25, -0.2) is 0 Å². The van der Waals surface area contributed by atoms with Crippen molar-refractivity contribution < 1.29 is 39.3 Å². The Balaban J connectivity index is -0.000000529. The molecule has 0 aliphatic heterocycles. The Bertz CT molecular complexity index is 419. The molecule has 0 atom stereocenters. The van der Waals surface area contributed by atoms with Crippen molar-refractivity contribution in [1.82, 2.24) is 0 Å². The predicted octanol–water partition coefficient (Wildman–Crippen LogP) is 9.09. The van der Waals surface area contributed by atoms with E-state index in [-0.39, 0.29) is 32.3 Å². The Hall–Kier alpha value is -0.957. The number of unbranched alkanes of at least 4 members (excludes halogenated alkanes) is 14. The molecule has 190 valence electrons. The fraction of sp³-hybridized carbons (Fsp3) is 0.786. The third kappa shape index (κ3) is 41.8. The van der Waals surface area contributed by atoms with Gasteiger partial charge in [-0.1, -0.05) is 115 Å². The molecule has 0 fully saturated rings. The van der Waals surface area contributed by atoms with Crippen LogP contribution >= 0.6 is 0 Å². The van der Waals surface area contributed by atoms with Crippen molar-refractivity contribution in [3.8, 4) is 0 Å². The van der Waals surface area contributed by atoms with Crippen molar-refractivity contribution in [3.05, 3.63) is 24.3 Å². The number of carboxylic acid groups (broad SMARTS) is 2. The van der Waals surface area contributed by atoms with Gasteiger partial charge in [-0.3, -0.25) is 9.59 Å². The average Bonchev–Trinajstić information content (AvgIpc) is 2.76. The molecule has 0 aromatic carbocycles. The number of aliphatic carboxylic acids is 2. The summed E-state index contributed by atoms with van der Waals surface area (Å²) >= 11 is 0. The van der Waals surface area contributed by atoms with Gasteiger partial charge in [0.05, 0.1) is 0 Å². The second kappa shape index (κ2) is 33.2. The SMILES string of the molecule is CCCCCCCCCC=CCCC(=O)O.CCCCCCCCCC=CCCC(=O)O.[Zn]. The maximum atomic E-state index is 10.2. The second-order valence-electron chi connectivity index (χ2n) is 8.63. The van der Waals surface area contributed by atoms with E-state index in [0.717, 1.165) is 12.8 Å². The molecular formula is C28H52O4Zn. The smallest absolute Gasteiger partial charge is 0.303 e. The minimum atomic E-state index is -0.708. The quantitative estimate of drug-likeness (QED) is 0.0852. The molecule has 0 saturated heterocycles. The number of carboxylic acids is 2. The van der Waals surface area contributed by atoms with Crippen molar-refractivity contribution in [2.24, 2.45) is 0 Å². The molecule has 0 unspecified atom stereocenters. The zero-order valence-electron chi connectivity index (χ0n) is 21.9. The second-order valence-corrected chi connectivity index (χ2v) is 8.63. The van der Waals surface area contributed by atoms with Crippen LogP contribution in [0, 0.1) is 0 Å². The van der Waals surface area contributed by atoms with E-state index in [1.807, 2.05) is 12.2 Å².